The third kappa shape index (κ3) is 6.01. The van der Waals surface area contributed by atoms with E-state index in [9.17, 15) is 4.79 Å². The molecule has 5 heteroatoms. The molecule has 1 amide bonds. The Balaban J connectivity index is 1.60. The Bertz CT molecular complexity index is 999. The molecule has 3 rings (SSSR count). The van der Waals surface area contributed by atoms with Crippen LogP contribution in [-0.4, -0.2) is 22.3 Å². The van der Waals surface area contributed by atoms with Crippen molar-refractivity contribution in [1.29, 1.82) is 0 Å². The van der Waals surface area contributed by atoms with Crippen LogP contribution in [0.25, 0.3) is 17.3 Å². The van der Waals surface area contributed by atoms with Gasteiger partial charge in [-0.25, -0.2) is 5.43 Å². The molecule has 0 aliphatic carbocycles. The number of nitrogens with zero attached hydrogens (tertiary/aromatic N) is 2. The molecular weight excluding hydrogens is 360 g/mol. The van der Waals surface area contributed by atoms with Crippen molar-refractivity contribution in [3.63, 3.8) is 0 Å². The molecule has 0 atom stereocenters. The van der Waals surface area contributed by atoms with Crippen LogP contribution in [0.4, 0.5) is 0 Å². The maximum Gasteiger partial charge on any atom is 0.289 e. The van der Waals surface area contributed by atoms with E-state index in [0.717, 1.165) is 28.8 Å². The average molecular weight is 386 g/mol. The van der Waals surface area contributed by atoms with E-state index in [1.165, 1.54) is 5.56 Å². The molecule has 0 spiro atoms. The van der Waals surface area contributed by atoms with Crippen LogP contribution in [0.1, 0.15) is 42.4 Å². The van der Waals surface area contributed by atoms with Gasteiger partial charge in [0, 0.05) is 5.56 Å². The number of hydrazone groups is 1. The number of carbonyl (C=O) groups is 1. The summed E-state index contributed by atoms with van der Waals surface area (Å²) in [5.74, 6) is 0.289. The Morgan fingerprint density at radius 3 is 2.55 bits per heavy atom. The van der Waals surface area contributed by atoms with Gasteiger partial charge in [0.15, 0.2) is 0 Å². The number of allylic oxidation sites excluding steroid dienone is 1. The predicted molar refractivity (Wildman–Crippen MR) is 119 cm³/mol. The summed E-state index contributed by atoms with van der Waals surface area (Å²) in [5, 5.41) is 11.1. The first-order chi connectivity index (χ1) is 14.0. The van der Waals surface area contributed by atoms with E-state index < -0.39 is 0 Å². The molecule has 0 unspecified atom stereocenters. The van der Waals surface area contributed by atoms with E-state index in [-0.39, 0.29) is 5.91 Å². The monoisotopic (exact) mass is 386 g/mol. The lowest BCUT2D eigenvalue weighted by Gasteiger charge is -2.05. The Kier molecular flexibility index (Phi) is 6.74. The van der Waals surface area contributed by atoms with Gasteiger partial charge in [0.25, 0.3) is 5.91 Å². The van der Waals surface area contributed by atoms with E-state index in [0.29, 0.717) is 11.6 Å². The van der Waals surface area contributed by atoms with Crippen LogP contribution < -0.4 is 5.43 Å². The second kappa shape index (κ2) is 9.64. The number of amides is 1. The van der Waals surface area contributed by atoms with Gasteiger partial charge in [0.1, 0.15) is 5.69 Å². The maximum atomic E-state index is 12.3. The number of hydrogen-bond acceptors (Lipinski definition) is 3. The summed E-state index contributed by atoms with van der Waals surface area (Å²) < 4.78 is 0. The molecule has 2 N–H and O–H groups in total. The van der Waals surface area contributed by atoms with Gasteiger partial charge in [0.05, 0.1) is 11.9 Å². The van der Waals surface area contributed by atoms with Crippen molar-refractivity contribution in [3.8, 4) is 11.3 Å². The molecule has 0 fully saturated rings. The minimum Gasteiger partial charge on any atom is -0.272 e. The fourth-order valence-electron chi connectivity index (χ4n) is 2.97. The highest BCUT2D eigenvalue weighted by molar-refractivity contribution is 5.94. The number of benzene rings is 2. The summed E-state index contributed by atoms with van der Waals surface area (Å²) in [6.45, 7) is 6.34. The fraction of sp³-hybridized carbons (Fsp3) is 0.208. The van der Waals surface area contributed by atoms with Gasteiger partial charge in [-0.05, 0) is 42.0 Å². The summed E-state index contributed by atoms with van der Waals surface area (Å²) in [5.41, 5.74) is 7.91. The molecule has 0 radical (unpaired) electrons. The van der Waals surface area contributed by atoms with Gasteiger partial charge in [-0.15, -0.1) is 0 Å². The fourth-order valence-corrected chi connectivity index (χ4v) is 2.97. The van der Waals surface area contributed by atoms with Crippen LogP contribution in [0.3, 0.4) is 0 Å². The number of nitrogens with one attached hydrogen (secondary N) is 2. The second-order valence-corrected chi connectivity index (χ2v) is 7.46. The van der Waals surface area contributed by atoms with E-state index in [2.05, 4.69) is 46.7 Å². The van der Waals surface area contributed by atoms with E-state index in [1.54, 1.807) is 12.3 Å². The van der Waals surface area contributed by atoms with Gasteiger partial charge >= 0.3 is 0 Å². The van der Waals surface area contributed by atoms with Crippen LogP contribution in [0.15, 0.2) is 71.3 Å². The summed E-state index contributed by atoms with van der Waals surface area (Å²) in [4.78, 5) is 12.3. The third-order valence-electron chi connectivity index (χ3n) is 4.34. The van der Waals surface area contributed by atoms with Gasteiger partial charge < -0.3 is 0 Å². The standard InChI is InChI=1S/C24H26N4O/c1-17(2)13-20-9-11-21(12-10-20)22-15-23(27-26-22)24(29)28-25-16-18(3)14-19-7-5-4-6-8-19/h4-12,14-17H,13H2,1-3H3,(H,26,27)(H,28,29)/b18-14+,25-16+. The SMILES string of the molecule is CC(/C=N/NC(=O)c1cc(-c2ccc(CC(C)C)cc2)n[nH]1)=C\c1ccccc1. The largest absolute Gasteiger partial charge is 0.289 e. The molecular formula is C24H26N4O. The van der Waals surface area contributed by atoms with Crippen molar-refractivity contribution in [2.75, 3.05) is 0 Å². The van der Waals surface area contributed by atoms with Gasteiger partial charge in [-0.1, -0.05) is 74.5 Å². The molecule has 1 aromatic heterocycles. The normalized spacial score (nSPS) is 11.9. The molecule has 3 aromatic rings. The minimum absolute atomic E-state index is 0.330. The van der Waals surface area contributed by atoms with Crippen molar-refractivity contribution in [2.24, 2.45) is 11.0 Å². The molecule has 2 aromatic carbocycles. The van der Waals surface area contributed by atoms with Crippen LogP contribution >= 0.6 is 0 Å². The van der Waals surface area contributed by atoms with Crippen molar-refractivity contribution < 1.29 is 4.79 Å². The molecule has 0 saturated heterocycles. The van der Waals surface area contributed by atoms with E-state index in [4.69, 9.17) is 0 Å². The Labute approximate surface area is 171 Å². The molecule has 148 valence electrons. The number of aromatic nitrogens is 2. The van der Waals surface area contributed by atoms with Crippen LogP contribution in [0.5, 0.6) is 0 Å². The zero-order valence-corrected chi connectivity index (χ0v) is 17.0. The minimum atomic E-state index is -0.330. The van der Waals surface area contributed by atoms with Crippen LogP contribution in [0.2, 0.25) is 0 Å². The number of carbonyl (C=O) groups excluding carboxylic acids is 1. The highest BCUT2D eigenvalue weighted by atomic mass is 16.2. The van der Waals surface area contributed by atoms with E-state index >= 15 is 0 Å². The van der Waals surface area contributed by atoms with Gasteiger partial charge in [0.2, 0.25) is 0 Å². The van der Waals surface area contributed by atoms with Gasteiger partial charge in [-0.2, -0.15) is 10.2 Å². The lowest BCUT2D eigenvalue weighted by molar-refractivity contribution is 0.0950. The summed E-state index contributed by atoms with van der Waals surface area (Å²) >= 11 is 0. The Hall–Kier alpha value is -3.47. The van der Waals surface area contributed by atoms with Gasteiger partial charge in [-0.3, -0.25) is 9.89 Å². The highest BCUT2D eigenvalue weighted by Gasteiger charge is 2.10. The number of H-pyrrole nitrogens is 1. The molecule has 0 bridgehead atoms. The van der Waals surface area contributed by atoms with Crippen molar-refractivity contribution >= 4 is 18.2 Å². The second-order valence-electron chi connectivity index (χ2n) is 7.46. The Morgan fingerprint density at radius 1 is 1.14 bits per heavy atom. The molecule has 0 aliphatic rings. The molecule has 0 aliphatic heterocycles. The topological polar surface area (TPSA) is 70.1 Å². The quantitative estimate of drug-likeness (QED) is 0.438. The average Bonchev–Trinajstić information content (AvgIpc) is 3.19. The highest BCUT2D eigenvalue weighted by Crippen LogP contribution is 2.19. The zero-order chi connectivity index (χ0) is 20.6. The maximum absolute atomic E-state index is 12.3. The number of rotatable bonds is 7. The Morgan fingerprint density at radius 2 is 1.86 bits per heavy atom. The first-order valence-electron chi connectivity index (χ1n) is 9.73. The predicted octanol–water partition coefficient (Wildman–Crippen LogP) is 5.09. The van der Waals surface area contributed by atoms with Crippen molar-refractivity contribution in [2.45, 2.75) is 27.2 Å². The third-order valence-corrected chi connectivity index (χ3v) is 4.34. The molecule has 29 heavy (non-hydrogen) atoms. The van der Waals surface area contributed by atoms with Crippen LogP contribution in [0, 0.1) is 5.92 Å². The first kappa shape index (κ1) is 20.3. The smallest absolute Gasteiger partial charge is 0.272 e. The number of aromatic amines is 1. The number of hydrogen-bond donors (Lipinski definition) is 2. The van der Waals surface area contributed by atoms with Crippen molar-refractivity contribution in [3.05, 3.63) is 83.1 Å². The van der Waals surface area contributed by atoms with Crippen LogP contribution in [-0.2, 0) is 6.42 Å². The van der Waals surface area contributed by atoms with Crippen molar-refractivity contribution in [1.82, 2.24) is 15.6 Å². The lowest BCUT2D eigenvalue weighted by atomic mass is 10.0. The molecule has 5 nitrogen and oxygen atoms in total. The summed E-state index contributed by atoms with van der Waals surface area (Å²) in [7, 11) is 0. The molecule has 0 saturated carbocycles. The van der Waals surface area contributed by atoms with E-state index in [1.807, 2.05) is 55.5 Å². The zero-order valence-electron chi connectivity index (χ0n) is 17.0. The first-order valence-corrected chi connectivity index (χ1v) is 9.73. The summed E-state index contributed by atoms with van der Waals surface area (Å²) in [6, 6.07) is 20.0. The lowest BCUT2D eigenvalue weighted by Crippen LogP contribution is -2.17. The molecule has 1 heterocycles. The summed E-state index contributed by atoms with van der Waals surface area (Å²) in [6.07, 6.45) is 4.66.